The van der Waals surface area contributed by atoms with Crippen molar-refractivity contribution in [3.05, 3.63) is 75.3 Å². The topological polar surface area (TPSA) is 115 Å². The van der Waals surface area contributed by atoms with Gasteiger partial charge in [-0.15, -0.1) is 11.3 Å². The van der Waals surface area contributed by atoms with Crippen LogP contribution in [0.3, 0.4) is 0 Å². The molecule has 2 heterocycles. The maximum absolute atomic E-state index is 12.8. The van der Waals surface area contributed by atoms with Crippen LogP contribution in [0.2, 0.25) is 0 Å². The molecule has 3 atom stereocenters. The van der Waals surface area contributed by atoms with E-state index in [0.717, 1.165) is 40.2 Å². The van der Waals surface area contributed by atoms with Crippen LogP contribution >= 0.6 is 11.3 Å². The first-order chi connectivity index (χ1) is 19.7. The molecule has 0 saturated carbocycles. The highest BCUT2D eigenvalue weighted by atomic mass is 32.2. The number of carbonyl (C=O) groups is 2. The monoisotopic (exact) mass is 619 g/mol. The molecule has 42 heavy (non-hydrogen) atoms. The predicted octanol–water partition coefficient (Wildman–Crippen LogP) is 4.69. The summed E-state index contributed by atoms with van der Waals surface area (Å²) in [6, 6.07) is -0.982. The van der Waals surface area contributed by atoms with Gasteiger partial charge in [-0.25, -0.2) is 22.9 Å². The van der Waals surface area contributed by atoms with Crippen LogP contribution in [0.1, 0.15) is 57.7 Å². The number of hydrogen-bond donors (Lipinski definition) is 1. The maximum Gasteiger partial charge on any atom is 0.331 e. The third-order valence-electron chi connectivity index (χ3n) is 6.19. The normalized spacial score (nSPS) is 24.8. The number of thiazole rings is 1. The Kier molecular flexibility index (Phi) is 14.6. The van der Waals surface area contributed by atoms with Crippen molar-refractivity contribution in [2.45, 2.75) is 78.0 Å². The summed E-state index contributed by atoms with van der Waals surface area (Å²) < 4.78 is 37.6. The van der Waals surface area contributed by atoms with E-state index in [0.29, 0.717) is 25.7 Å². The number of sulfonamides is 1. The number of rotatable bonds is 7. The Balaban J connectivity index is 2.31. The minimum atomic E-state index is -3.61. The molecular formula is C31H45N3O6S2. The third-order valence-corrected chi connectivity index (χ3v) is 7.82. The van der Waals surface area contributed by atoms with Gasteiger partial charge in [0.1, 0.15) is 18.2 Å². The summed E-state index contributed by atoms with van der Waals surface area (Å²) in [6.07, 6.45) is 15.1. The highest BCUT2D eigenvalue weighted by Crippen LogP contribution is 2.19. The number of ether oxygens (including phenoxy) is 2. The lowest BCUT2D eigenvalue weighted by Gasteiger charge is -2.20. The molecule has 1 aliphatic rings. The number of aryl methyl sites for hydroxylation is 1. The van der Waals surface area contributed by atoms with Gasteiger partial charge >= 0.3 is 11.9 Å². The summed E-state index contributed by atoms with van der Waals surface area (Å²) in [4.78, 5) is 32.3. The number of fused-ring (bicyclic) bond motifs is 2. The van der Waals surface area contributed by atoms with Gasteiger partial charge in [-0.3, -0.25) is 4.79 Å². The molecule has 0 spiro atoms. The second-order valence-electron chi connectivity index (χ2n) is 11.0. The van der Waals surface area contributed by atoms with Crippen LogP contribution in [0, 0.1) is 0 Å². The third kappa shape index (κ3) is 14.9. The minimum absolute atomic E-state index is 0.278. The molecular weight excluding hydrogens is 574 g/mol. The van der Waals surface area contributed by atoms with Gasteiger partial charge in [0.2, 0.25) is 10.0 Å². The Morgan fingerprint density at radius 2 is 1.88 bits per heavy atom. The van der Waals surface area contributed by atoms with Crippen molar-refractivity contribution in [2.24, 2.45) is 0 Å². The first-order valence-electron chi connectivity index (χ1n) is 14.0. The van der Waals surface area contributed by atoms with E-state index in [2.05, 4.69) is 15.7 Å². The Morgan fingerprint density at radius 3 is 2.57 bits per heavy atom. The van der Waals surface area contributed by atoms with Crippen molar-refractivity contribution in [2.75, 3.05) is 26.9 Å². The highest BCUT2D eigenvalue weighted by molar-refractivity contribution is 7.88. The second-order valence-corrected chi connectivity index (χ2v) is 13.7. The van der Waals surface area contributed by atoms with Crippen molar-refractivity contribution in [3.63, 3.8) is 0 Å². The molecule has 0 saturated heterocycles. The van der Waals surface area contributed by atoms with Crippen LogP contribution in [-0.4, -0.2) is 75.4 Å². The van der Waals surface area contributed by atoms with E-state index in [4.69, 9.17) is 14.5 Å². The standard InChI is InChI=1S/C31H45N3O6S2/c1-22(16-17-34(5)6)14-15-24(3)19-27-20-29-32-26(21-41-29)11-9-12-28(33-42(7,37)38)31(36)39-25(4)18-23(2)10-8-13-30(35)40-27/h8,10,13-16,19,21,25,27-28,33H,9,11-12,17-18,20H2,1-7H3/b13-8-,15-14+,22-16+,23-10+,24-19+/t25-,27+,28-/m0/s1. The van der Waals surface area contributed by atoms with Gasteiger partial charge in [-0.2, -0.15) is 0 Å². The first kappa shape index (κ1) is 35.3. The van der Waals surface area contributed by atoms with Gasteiger partial charge in [0.25, 0.3) is 0 Å². The number of esters is 2. The molecule has 1 N–H and O–H groups in total. The van der Waals surface area contributed by atoms with E-state index in [9.17, 15) is 18.0 Å². The highest BCUT2D eigenvalue weighted by Gasteiger charge is 2.25. The van der Waals surface area contributed by atoms with Crippen molar-refractivity contribution < 1.29 is 27.5 Å². The molecule has 232 valence electrons. The van der Waals surface area contributed by atoms with Crippen LogP contribution in [-0.2, 0) is 41.9 Å². The molecule has 9 nitrogen and oxygen atoms in total. The smallest absolute Gasteiger partial charge is 0.331 e. The molecule has 2 bridgehead atoms. The number of cyclic esters (lactones) is 2. The number of carbonyl (C=O) groups excluding carboxylic acids is 2. The lowest BCUT2D eigenvalue weighted by atomic mass is 10.1. The van der Waals surface area contributed by atoms with E-state index >= 15 is 0 Å². The van der Waals surface area contributed by atoms with Crippen LogP contribution in [0.25, 0.3) is 0 Å². The molecule has 11 heteroatoms. The number of aromatic nitrogens is 1. The molecule has 0 fully saturated rings. The van der Waals surface area contributed by atoms with Crippen LogP contribution in [0.4, 0.5) is 0 Å². The quantitative estimate of drug-likeness (QED) is 0.346. The fourth-order valence-electron chi connectivity index (χ4n) is 4.16. The van der Waals surface area contributed by atoms with E-state index in [1.807, 2.05) is 58.5 Å². The molecule has 1 aromatic heterocycles. The Morgan fingerprint density at radius 1 is 1.17 bits per heavy atom. The number of allylic oxidation sites excluding steroid dienone is 6. The van der Waals surface area contributed by atoms with Crippen LogP contribution in [0.5, 0.6) is 0 Å². The van der Waals surface area contributed by atoms with E-state index in [1.165, 1.54) is 17.4 Å². The summed E-state index contributed by atoms with van der Waals surface area (Å²) in [5, 5.41) is 2.75. The molecule has 0 aromatic carbocycles. The van der Waals surface area contributed by atoms with Gasteiger partial charge in [-0.05, 0) is 67.1 Å². The van der Waals surface area contributed by atoms with E-state index in [1.54, 1.807) is 19.1 Å². The molecule has 0 aliphatic carbocycles. The Hall–Kier alpha value is -2.86. The molecule has 0 amide bonds. The SMILES string of the molecule is CC(/C=C/C(C)=C/[C@@H]1Cc2nc(cs2)CCC[C@H](NS(C)(=O)=O)C(=O)O[C@@H](C)C/C(C)=C/C=C\C(=O)O1)=C\CN(C)C. The van der Waals surface area contributed by atoms with Crippen molar-refractivity contribution in [1.29, 1.82) is 0 Å². The molecule has 0 radical (unpaired) electrons. The fraction of sp³-hybridized carbons (Fsp3) is 0.516. The Bertz CT molecular complexity index is 1320. The van der Waals surface area contributed by atoms with Gasteiger partial charge in [0, 0.05) is 30.8 Å². The number of likely N-dealkylation sites (N-methyl/N-ethyl adjacent to an activating group) is 1. The minimum Gasteiger partial charge on any atom is -0.461 e. The zero-order valence-corrected chi connectivity index (χ0v) is 27.4. The molecule has 1 aromatic rings. The van der Waals surface area contributed by atoms with Gasteiger partial charge in [-0.1, -0.05) is 47.1 Å². The predicted molar refractivity (Wildman–Crippen MR) is 169 cm³/mol. The largest absolute Gasteiger partial charge is 0.461 e. The van der Waals surface area contributed by atoms with Gasteiger partial charge < -0.3 is 14.4 Å². The first-order valence-corrected chi connectivity index (χ1v) is 16.8. The molecule has 1 aliphatic heterocycles. The fourth-order valence-corrected chi connectivity index (χ4v) is 5.77. The number of hydrogen-bond acceptors (Lipinski definition) is 9. The summed E-state index contributed by atoms with van der Waals surface area (Å²) in [5.41, 5.74) is 3.82. The van der Waals surface area contributed by atoms with Crippen molar-refractivity contribution in [3.8, 4) is 0 Å². The lowest BCUT2D eigenvalue weighted by molar-refractivity contribution is -0.150. The average Bonchev–Trinajstić information content (AvgIpc) is 3.31. The average molecular weight is 620 g/mol. The zero-order valence-electron chi connectivity index (χ0n) is 25.8. The van der Waals surface area contributed by atoms with E-state index < -0.39 is 40.2 Å². The summed E-state index contributed by atoms with van der Waals surface area (Å²) in [5.74, 6) is -1.08. The second kappa shape index (κ2) is 17.3. The van der Waals surface area contributed by atoms with E-state index in [-0.39, 0.29) is 6.42 Å². The lowest BCUT2D eigenvalue weighted by Crippen LogP contribution is -2.42. The zero-order chi connectivity index (χ0) is 31.3. The van der Waals surface area contributed by atoms with Crippen molar-refractivity contribution in [1.82, 2.24) is 14.6 Å². The number of nitrogens with zero attached hydrogens (tertiary/aromatic N) is 2. The van der Waals surface area contributed by atoms with Crippen LogP contribution < -0.4 is 4.72 Å². The summed E-state index contributed by atoms with van der Waals surface area (Å²) >= 11 is 1.48. The van der Waals surface area contributed by atoms with Crippen molar-refractivity contribution >= 4 is 33.3 Å². The van der Waals surface area contributed by atoms with Crippen LogP contribution in [0.15, 0.2) is 64.6 Å². The molecule has 0 unspecified atom stereocenters. The summed E-state index contributed by atoms with van der Waals surface area (Å²) in [6.45, 7) is 8.48. The maximum atomic E-state index is 12.8. The summed E-state index contributed by atoms with van der Waals surface area (Å²) in [7, 11) is 0.427. The molecule has 2 rings (SSSR count). The Labute approximate surface area is 255 Å². The van der Waals surface area contributed by atoms with Gasteiger partial charge in [0.05, 0.1) is 17.0 Å². The number of nitrogens with one attached hydrogen (secondary N) is 1. The van der Waals surface area contributed by atoms with Gasteiger partial charge in [0.15, 0.2) is 0 Å².